The minimum absolute atomic E-state index is 1.14. The second-order valence-corrected chi connectivity index (χ2v) is 9.87. The molecule has 7 rings (SSSR count). The van der Waals surface area contributed by atoms with E-state index in [-0.39, 0.29) is 0 Å². The zero-order valence-corrected chi connectivity index (χ0v) is 21.5. The van der Waals surface area contributed by atoms with Crippen molar-refractivity contribution in [2.75, 3.05) is 4.90 Å². The average molecular weight is 498 g/mol. The van der Waals surface area contributed by atoms with Crippen LogP contribution < -0.4 is 4.90 Å². The van der Waals surface area contributed by atoms with Crippen LogP contribution in [0.3, 0.4) is 0 Å². The summed E-state index contributed by atoms with van der Waals surface area (Å²) in [4.78, 5) is 2.36. The van der Waals surface area contributed by atoms with Crippen LogP contribution in [0.25, 0.3) is 44.5 Å². The van der Waals surface area contributed by atoms with E-state index >= 15 is 0 Å². The van der Waals surface area contributed by atoms with Crippen LogP contribution in [0.15, 0.2) is 152 Å². The van der Waals surface area contributed by atoms with Crippen LogP contribution in [0.2, 0.25) is 0 Å². The van der Waals surface area contributed by atoms with E-state index in [1.807, 2.05) is 0 Å². The van der Waals surface area contributed by atoms with Crippen LogP contribution in [-0.2, 0) is 0 Å². The first-order valence-corrected chi connectivity index (χ1v) is 13.4. The molecule has 0 spiro atoms. The molecule has 0 N–H and O–H groups in total. The number of nitrogens with zero attached hydrogens (tertiary/aromatic N) is 1. The lowest BCUT2D eigenvalue weighted by molar-refractivity contribution is 1.30. The van der Waals surface area contributed by atoms with Crippen LogP contribution in [0, 0.1) is 0 Å². The summed E-state index contributed by atoms with van der Waals surface area (Å²) in [6.45, 7) is 0. The lowest BCUT2D eigenvalue weighted by Gasteiger charge is -2.27. The van der Waals surface area contributed by atoms with Gasteiger partial charge in [-0.15, -0.1) is 0 Å². The van der Waals surface area contributed by atoms with E-state index in [2.05, 4.69) is 169 Å². The smallest absolute Gasteiger partial charge is 0.0546 e. The molecular weight excluding hydrogens is 470 g/mol. The van der Waals surface area contributed by atoms with Crippen molar-refractivity contribution in [3.8, 4) is 0 Å². The van der Waals surface area contributed by atoms with Gasteiger partial charge in [0.1, 0.15) is 0 Å². The fourth-order valence-corrected chi connectivity index (χ4v) is 5.47. The topological polar surface area (TPSA) is 3.24 Å². The molecule has 184 valence electrons. The third-order valence-corrected chi connectivity index (χ3v) is 7.37. The standard InChI is InChI=1S/C38H27N/c1-3-13-33(14-4-1)39(34-15-5-2-6-16-34)38-27-32-24-22-29(26-37(32)35-17-9-10-18-36(35)38)20-19-28-21-23-30-11-7-8-12-31(30)25-28/h1-27H/b20-19+. The van der Waals surface area contributed by atoms with E-state index in [1.165, 1.54) is 49.1 Å². The molecule has 0 atom stereocenters. The Kier molecular flexibility index (Phi) is 5.88. The van der Waals surface area contributed by atoms with Crippen LogP contribution >= 0.6 is 0 Å². The third-order valence-electron chi connectivity index (χ3n) is 7.37. The van der Waals surface area contributed by atoms with Crippen molar-refractivity contribution < 1.29 is 0 Å². The second-order valence-electron chi connectivity index (χ2n) is 9.87. The van der Waals surface area contributed by atoms with E-state index in [1.54, 1.807) is 0 Å². The molecule has 0 aromatic heterocycles. The fraction of sp³-hybridized carbons (Fsp3) is 0. The summed E-state index contributed by atoms with van der Waals surface area (Å²) >= 11 is 0. The Morgan fingerprint density at radius 2 is 0.897 bits per heavy atom. The van der Waals surface area contributed by atoms with Crippen molar-refractivity contribution in [1.29, 1.82) is 0 Å². The quantitative estimate of drug-likeness (QED) is 0.169. The SMILES string of the molecule is C(=C\c1ccc2cc(N(c3ccccc3)c3ccccc3)c3ccccc3c2c1)/c1ccc2ccccc2c1. The molecule has 0 radical (unpaired) electrons. The summed E-state index contributed by atoms with van der Waals surface area (Å²) in [5, 5.41) is 7.50. The molecule has 7 aromatic carbocycles. The normalized spacial score (nSPS) is 11.5. The Labute approximate surface area is 228 Å². The van der Waals surface area contributed by atoms with Crippen molar-refractivity contribution in [3.63, 3.8) is 0 Å². The molecule has 0 aliphatic carbocycles. The molecule has 0 unspecified atom stereocenters. The number of anilines is 3. The van der Waals surface area contributed by atoms with Crippen molar-refractivity contribution >= 4 is 61.5 Å². The minimum Gasteiger partial charge on any atom is -0.310 e. The van der Waals surface area contributed by atoms with Gasteiger partial charge >= 0.3 is 0 Å². The van der Waals surface area contributed by atoms with Crippen molar-refractivity contribution in [2.24, 2.45) is 0 Å². The van der Waals surface area contributed by atoms with Crippen molar-refractivity contribution in [3.05, 3.63) is 163 Å². The molecule has 0 bridgehead atoms. The summed E-state index contributed by atoms with van der Waals surface area (Å²) in [5.41, 5.74) is 5.85. The predicted octanol–water partition coefficient (Wildman–Crippen LogP) is 10.8. The highest BCUT2D eigenvalue weighted by atomic mass is 15.1. The molecule has 0 saturated carbocycles. The molecule has 0 saturated heterocycles. The summed E-state index contributed by atoms with van der Waals surface area (Å²) in [7, 11) is 0. The average Bonchev–Trinajstić information content (AvgIpc) is 3.01. The van der Waals surface area contributed by atoms with Crippen LogP contribution in [0.4, 0.5) is 17.1 Å². The minimum atomic E-state index is 1.14. The van der Waals surface area contributed by atoms with Gasteiger partial charge in [0.15, 0.2) is 0 Å². The Morgan fingerprint density at radius 3 is 1.59 bits per heavy atom. The van der Waals surface area contributed by atoms with E-state index < -0.39 is 0 Å². The number of hydrogen-bond acceptors (Lipinski definition) is 1. The van der Waals surface area contributed by atoms with E-state index in [4.69, 9.17) is 0 Å². The van der Waals surface area contributed by atoms with Gasteiger partial charge in [-0.05, 0) is 80.5 Å². The van der Waals surface area contributed by atoms with E-state index in [9.17, 15) is 0 Å². The van der Waals surface area contributed by atoms with Gasteiger partial charge in [0.25, 0.3) is 0 Å². The van der Waals surface area contributed by atoms with E-state index in [0.29, 0.717) is 0 Å². The maximum Gasteiger partial charge on any atom is 0.0546 e. The number of benzene rings is 7. The van der Waals surface area contributed by atoms with E-state index in [0.717, 1.165) is 11.4 Å². The first-order valence-electron chi connectivity index (χ1n) is 13.4. The first kappa shape index (κ1) is 23.0. The molecular formula is C38H27N. The molecule has 7 aromatic rings. The maximum absolute atomic E-state index is 2.36. The molecule has 39 heavy (non-hydrogen) atoms. The highest BCUT2D eigenvalue weighted by Gasteiger charge is 2.16. The molecule has 1 heteroatoms. The molecule has 0 heterocycles. The highest BCUT2D eigenvalue weighted by molar-refractivity contribution is 6.15. The van der Waals surface area contributed by atoms with Gasteiger partial charge in [-0.2, -0.15) is 0 Å². The van der Waals surface area contributed by atoms with Gasteiger partial charge in [0, 0.05) is 16.8 Å². The third kappa shape index (κ3) is 4.45. The largest absolute Gasteiger partial charge is 0.310 e. The number of hydrogen-bond donors (Lipinski definition) is 0. The second kappa shape index (κ2) is 9.96. The zero-order chi connectivity index (χ0) is 26.0. The highest BCUT2D eigenvalue weighted by Crippen LogP contribution is 2.41. The van der Waals surface area contributed by atoms with Crippen LogP contribution in [0.5, 0.6) is 0 Å². The predicted molar refractivity (Wildman–Crippen MR) is 169 cm³/mol. The van der Waals surface area contributed by atoms with Gasteiger partial charge < -0.3 is 4.90 Å². The molecule has 0 aliphatic heterocycles. The number of rotatable bonds is 5. The molecule has 1 nitrogen and oxygen atoms in total. The Bertz CT molecular complexity index is 1910. The summed E-state index contributed by atoms with van der Waals surface area (Å²) in [6.07, 6.45) is 4.42. The molecule has 0 aliphatic rings. The first-order chi connectivity index (χ1) is 19.3. The number of fused-ring (bicyclic) bond motifs is 4. The Morgan fingerprint density at radius 1 is 0.359 bits per heavy atom. The molecule has 0 amide bonds. The summed E-state index contributed by atoms with van der Waals surface area (Å²) in [6, 6.07) is 54.2. The van der Waals surface area contributed by atoms with Crippen molar-refractivity contribution in [2.45, 2.75) is 0 Å². The van der Waals surface area contributed by atoms with Gasteiger partial charge in [-0.25, -0.2) is 0 Å². The van der Waals surface area contributed by atoms with Gasteiger partial charge in [0.2, 0.25) is 0 Å². The van der Waals surface area contributed by atoms with Gasteiger partial charge in [-0.1, -0.05) is 121 Å². The maximum atomic E-state index is 2.36. The van der Waals surface area contributed by atoms with Crippen LogP contribution in [0.1, 0.15) is 11.1 Å². The summed E-state index contributed by atoms with van der Waals surface area (Å²) < 4.78 is 0. The number of para-hydroxylation sites is 2. The van der Waals surface area contributed by atoms with Crippen molar-refractivity contribution in [1.82, 2.24) is 0 Å². The van der Waals surface area contributed by atoms with Crippen LogP contribution in [-0.4, -0.2) is 0 Å². The zero-order valence-electron chi connectivity index (χ0n) is 21.5. The summed E-state index contributed by atoms with van der Waals surface area (Å²) in [5.74, 6) is 0. The monoisotopic (exact) mass is 497 g/mol. The molecule has 0 fully saturated rings. The lowest BCUT2D eigenvalue weighted by Crippen LogP contribution is -2.10. The Hall–Kier alpha value is -5.14. The van der Waals surface area contributed by atoms with Gasteiger partial charge in [0.05, 0.1) is 5.69 Å². The Balaban J connectivity index is 1.36. The lowest BCUT2D eigenvalue weighted by atomic mass is 9.97. The fourth-order valence-electron chi connectivity index (χ4n) is 5.47. The van der Waals surface area contributed by atoms with Gasteiger partial charge in [-0.3, -0.25) is 0 Å².